The third-order valence-corrected chi connectivity index (χ3v) is 3.42. The Labute approximate surface area is 118 Å². The smallest absolute Gasteiger partial charge is 0.165 e. The molecule has 1 atom stereocenters. The number of hydrogen-bond acceptors (Lipinski definition) is 4. The lowest BCUT2D eigenvalue weighted by Gasteiger charge is -2.15. The van der Waals surface area contributed by atoms with Crippen molar-refractivity contribution in [3.8, 4) is 11.5 Å². The number of rotatable bonds is 4. The van der Waals surface area contributed by atoms with Gasteiger partial charge in [0, 0.05) is 18.5 Å². The van der Waals surface area contributed by atoms with Gasteiger partial charge in [0.25, 0.3) is 0 Å². The molecule has 0 amide bonds. The van der Waals surface area contributed by atoms with E-state index in [1.54, 1.807) is 6.26 Å². The van der Waals surface area contributed by atoms with Crippen molar-refractivity contribution < 1.29 is 13.9 Å². The molecule has 4 nitrogen and oxygen atoms in total. The highest BCUT2D eigenvalue weighted by atomic mass is 16.5. The van der Waals surface area contributed by atoms with E-state index in [2.05, 4.69) is 18.3 Å². The monoisotopic (exact) mass is 273 g/mol. The molecule has 0 aliphatic carbocycles. The van der Waals surface area contributed by atoms with Crippen LogP contribution in [0.4, 0.5) is 0 Å². The Morgan fingerprint density at radius 1 is 1.15 bits per heavy atom. The zero-order valence-corrected chi connectivity index (χ0v) is 11.6. The molecule has 2 heterocycles. The molecule has 0 saturated carbocycles. The molecule has 4 heteroatoms. The highest BCUT2D eigenvalue weighted by molar-refractivity contribution is 5.47. The minimum absolute atomic E-state index is 0.160. The number of benzene rings is 1. The molecule has 3 rings (SSSR count). The zero-order valence-electron chi connectivity index (χ0n) is 11.6. The number of fused-ring (bicyclic) bond motifs is 1. The summed E-state index contributed by atoms with van der Waals surface area (Å²) in [5.74, 6) is 2.64. The Morgan fingerprint density at radius 3 is 2.90 bits per heavy atom. The summed E-state index contributed by atoms with van der Waals surface area (Å²) in [4.78, 5) is 0. The molecule has 1 N–H and O–H groups in total. The van der Waals surface area contributed by atoms with Gasteiger partial charge in [-0.1, -0.05) is 12.1 Å². The van der Waals surface area contributed by atoms with Gasteiger partial charge in [-0.2, -0.15) is 0 Å². The third-order valence-electron chi connectivity index (χ3n) is 3.42. The minimum Gasteiger partial charge on any atom is -0.490 e. The van der Waals surface area contributed by atoms with E-state index in [4.69, 9.17) is 13.9 Å². The van der Waals surface area contributed by atoms with Gasteiger partial charge in [0.15, 0.2) is 11.5 Å². The molecule has 1 aliphatic heterocycles. The Kier molecular flexibility index (Phi) is 3.92. The van der Waals surface area contributed by atoms with E-state index in [-0.39, 0.29) is 6.04 Å². The number of ether oxygens (including phenoxy) is 2. The van der Waals surface area contributed by atoms with Crippen molar-refractivity contribution in [3.05, 3.63) is 47.9 Å². The van der Waals surface area contributed by atoms with E-state index >= 15 is 0 Å². The van der Waals surface area contributed by atoms with Crippen LogP contribution in [0, 0.1) is 0 Å². The zero-order chi connectivity index (χ0) is 13.8. The maximum absolute atomic E-state index is 5.81. The first-order valence-corrected chi connectivity index (χ1v) is 6.99. The summed E-state index contributed by atoms with van der Waals surface area (Å²) >= 11 is 0. The summed E-state index contributed by atoms with van der Waals surface area (Å²) in [6.45, 7) is 4.22. The van der Waals surface area contributed by atoms with Crippen LogP contribution >= 0.6 is 0 Å². The average molecular weight is 273 g/mol. The topological polar surface area (TPSA) is 43.6 Å². The van der Waals surface area contributed by atoms with Crippen molar-refractivity contribution in [3.63, 3.8) is 0 Å². The molecule has 0 spiro atoms. The fourth-order valence-corrected chi connectivity index (χ4v) is 2.29. The van der Waals surface area contributed by atoms with Gasteiger partial charge in [-0.05, 0) is 25.1 Å². The Bertz CT molecular complexity index is 551. The predicted molar refractivity (Wildman–Crippen MR) is 76.0 cm³/mol. The minimum atomic E-state index is 0.160. The first kappa shape index (κ1) is 13.1. The quantitative estimate of drug-likeness (QED) is 0.928. The van der Waals surface area contributed by atoms with Crippen LogP contribution in [0.2, 0.25) is 0 Å². The molecule has 2 aromatic rings. The Balaban J connectivity index is 1.71. The maximum atomic E-state index is 5.81. The normalized spacial score (nSPS) is 15.7. The second-order valence-electron chi connectivity index (χ2n) is 4.91. The van der Waals surface area contributed by atoms with Crippen LogP contribution in [0.3, 0.4) is 0 Å². The lowest BCUT2D eigenvalue weighted by atomic mass is 10.1. The molecular weight excluding hydrogens is 254 g/mol. The molecule has 1 aliphatic rings. The maximum Gasteiger partial charge on any atom is 0.165 e. The van der Waals surface area contributed by atoms with Crippen molar-refractivity contribution in [1.82, 2.24) is 5.32 Å². The molecule has 106 valence electrons. The van der Waals surface area contributed by atoms with E-state index in [1.165, 1.54) is 0 Å². The van der Waals surface area contributed by atoms with Crippen molar-refractivity contribution in [1.29, 1.82) is 0 Å². The van der Waals surface area contributed by atoms with E-state index in [9.17, 15) is 0 Å². The van der Waals surface area contributed by atoms with Crippen molar-refractivity contribution >= 4 is 0 Å². The van der Waals surface area contributed by atoms with Gasteiger partial charge in [-0.25, -0.2) is 0 Å². The summed E-state index contributed by atoms with van der Waals surface area (Å²) < 4.78 is 16.9. The van der Waals surface area contributed by atoms with Crippen LogP contribution in [0.15, 0.2) is 41.0 Å². The molecule has 0 saturated heterocycles. The molecule has 0 unspecified atom stereocenters. The van der Waals surface area contributed by atoms with Crippen molar-refractivity contribution in [2.75, 3.05) is 13.2 Å². The number of para-hydroxylation sites is 1. The van der Waals surface area contributed by atoms with Gasteiger partial charge in [0.2, 0.25) is 0 Å². The predicted octanol–water partition coefficient (Wildman–Crippen LogP) is 3.29. The molecule has 1 aromatic heterocycles. The standard InChI is InChI=1S/C16H19NO3/c1-12(14-7-3-8-18-14)17-11-13-5-2-6-15-16(13)20-10-4-9-19-15/h2-3,5-8,12,17H,4,9-11H2,1H3/t12-/m0/s1. The lowest BCUT2D eigenvalue weighted by molar-refractivity contribution is 0.295. The number of nitrogens with one attached hydrogen (secondary N) is 1. The van der Waals surface area contributed by atoms with Gasteiger partial charge in [-0.3, -0.25) is 0 Å². The van der Waals surface area contributed by atoms with Crippen LogP contribution in [-0.2, 0) is 6.54 Å². The molecule has 0 bridgehead atoms. The second kappa shape index (κ2) is 6.01. The van der Waals surface area contributed by atoms with Crippen LogP contribution in [0.5, 0.6) is 11.5 Å². The van der Waals surface area contributed by atoms with Gasteiger partial charge in [-0.15, -0.1) is 0 Å². The number of hydrogen-bond donors (Lipinski definition) is 1. The van der Waals surface area contributed by atoms with Gasteiger partial charge in [0.05, 0.1) is 25.5 Å². The van der Waals surface area contributed by atoms with Crippen LogP contribution in [0.1, 0.15) is 30.7 Å². The summed E-state index contributed by atoms with van der Waals surface area (Å²) in [5.41, 5.74) is 1.11. The van der Waals surface area contributed by atoms with E-state index in [0.29, 0.717) is 19.8 Å². The van der Waals surface area contributed by atoms with Crippen molar-refractivity contribution in [2.24, 2.45) is 0 Å². The average Bonchev–Trinajstić information content (AvgIpc) is 2.90. The molecule has 0 radical (unpaired) electrons. The molecule has 20 heavy (non-hydrogen) atoms. The Hall–Kier alpha value is -1.94. The molecular formula is C16H19NO3. The highest BCUT2D eigenvalue weighted by Crippen LogP contribution is 2.33. The van der Waals surface area contributed by atoms with Crippen molar-refractivity contribution in [2.45, 2.75) is 25.9 Å². The Morgan fingerprint density at radius 2 is 2.05 bits per heavy atom. The van der Waals surface area contributed by atoms with E-state index < -0.39 is 0 Å². The van der Waals surface area contributed by atoms with E-state index in [1.807, 2.05) is 24.3 Å². The largest absolute Gasteiger partial charge is 0.490 e. The van der Waals surface area contributed by atoms with Gasteiger partial charge >= 0.3 is 0 Å². The van der Waals surface area contributed by atoms with Crippen LogP contribution in [-0.4, -0.2) is 13.2 Å². The summed E-state index contributed by atoms with van der Waals surface area (Å²) in [6.07, 6.45) is 2.61. The first-order chi connectivity index (χ1) is 9.84. The summed E-state index contributed by atoms with van der Waals surface area (Å²) in [6, 6.07) is 10.1. The van der Waals surface area contributed by atoms with Crippen LogP contribution in [0.25, 0.3) is 0 Å². The number of furan rings is 1. The fraction of sp³-hybridized carbons (Fsp3) is 0.375. The van der Waals surface area contributed by atoms with Gasteiger partial charge < -0.3 is 19.2 Å². The summed E-state index contributed by atoms with van der Waals surface area (Å²) in [7, 11) is 0. The van der Waals surface area contributed by atoms with Crippen LogP contribution < -0.4 is 14.8 Å². The second-order valence-corrected chi connectivity index (χ2v) is 4.91. The molecule has 0 fully saturated rings. The SMILES string of the molecule is C[C@H](NCc1cccc2c1OCCCO2)c1ccco1. The van der Waals surface area contributed by atoms with Gasteiger partial charge in [0.1, 0.15) is 5.76 Å². The third kappa shape index (κ3) is 2.80. The fourth-order valence-electron chi connectivity index (χ4n) is 2.29. The lowest BCUT2D eigenvalue weighted by Crippen LogP contribution is -2.18. The first-order valence-electron chi connectivity index (χ1n) is 6.99. The summed E-state index contributed by atoms with van der Waals surface area (Å²) in [5, 5.41) is 3.44. The molecule has 1 aromatic carbocycles. The van der Waals surface area contributed by atoms with E-state index in [0.717, 1.165) is 29.2 Å². The highest BCUT2D eigenvalue weighted by Gasteiger charge is 2.15.